The molecule has 1 aromatic heterocycles. The third-order valence-electron chi connectivity index (χ3n) is 2.09. The summed E-state index contributed by atoms with van der Waals surface area (Å²) in [5.74, 6) is -0.272. The van der Waals surface area contributed by atoms with Crippen molar-refractivity contribution in [2.45, 2.75) is 6.04 Å². The molecule has 1 atom stereocenters. The van der Waals surface area contributed by atoms with E-state index in [2.05, 4.69) is 15.9 Å². The normalized spacial score (nSPS) is 12.7. The molecule has 0 bridgehead atoms. The van der Waals surface area contributed by atoms with Crippen LogP contribution < -0.4 is 5.73 Å². The van der Waals surface area contributed by atoms with Crippen LogP contribution in [0.4, 0.5) is 4.39 Å². The summed E-state index contributed by atoms with van der Waals surface area (Å²) >= 11 is 4.83. The molecule has 1 aromatic carbocycles. The Morgan fingerprint density at radius 2 is 2.13 bits per heavy atom. The summed E-state index contributed by atoms with van der Waals surface area (Å²) in [5, 5.41) is 1.96. The molecular weight excluding hydrogens is 277 g/mol. The monoisotopic (exact) mass is 285 g/mol. The summed E-state index contributed by atoms with van der Waals surface area (Å²) in [6, 6.07) is 8.37. The zero-order valence-electron chi connectivity index (χ0n) is 7.78. The molecule has 2 aromatic rings. The number of nitrogens with two attached hydrogens (primary N) is 1. The largest absolute Gasteiger partial charge is 0.320 e. The SMILES string of the molecule is N[C@@H](c1cc(F)cc(Br)c1)c1cccs1. The number of hydrogen-bond donors (Lipinski definition) is 1. The molecule has 1 nitrogen and oxygen atoms in total. The number of halogens is 2. The quantitative estimate of drug-likeness (QED) is 0.895. The van der Waals surface area contributed by atoms with E-state index in [0.29, 0.717) is 4.47 Å². The van der Waals surface area contributed by atoms with E-state index >= 15 is 0 Å². The summed E-state index contributed by atoms with van der Waals surface area (Å²) in [6.45, 7) is 0. The molecule has 0 fully saturated rings. The molecule has 1 heterocycles. The molecule has 0 saturated heterocycles. The van der Waals surface area contributed by atoms with Crippen molar-refractivity contribution < 1.29 is 4.39 Å². The van der Waals surface area contributed by atoms with Gasteiger partial charge in [0.1, 0.15) is 5.82 Å². The highest BCUT2D eigenvalue weighted by atomic mass is 79.9. The lowest BCUT2D eigenvalue weighted by Crippen LogP contribution is -2.10. The second kappa shape index (κ2) is 4.43. The second-order valence-corrected chi connectivity index (χ2v) is 5.09. The van der Waals surface area contributed by atoms with Crippen LogP contribution in [0.15, 0.2) is 40.2 Å². The number of rotatable bonds is 2. The van der Waals surface area contributed by atoms with Crippen LogP contribution in [-0.4, -0.2) is 0 Å². The first-order chi connectivity index (χ1) is 7.16. The average Bonchev–Trinajstić information content (AvgIpc) is 2.67. The van der Waals surface area contributed by atoms with Crippen molar-refractivity contribution in [3.8, 4) is 0 Å². The fraction of sp³-hybridized carbons (Fsp3) is 0.0909. The predicted octanol–water partition coefficient (Wildman–Crippen LogP) is 3.70. The molecule has 0 aliphatic rings. The first kappa shape index (κ1) is 10.8. The Labute approximate surface area is 99.9 Å². The van der Waals surface area contributed by atoms with Gasteiger partial charge in [-0.2, -0.15) is 0 Å². The maximum Gasteiger partial charge on any atom is 0.124 e. The van der Waals surface area contributed by atoms with Crippen molar-refractivity contribution in [2.24, 2.45) is 5.73 Å². The van der Waals surface area contributed by atoms with Crippen LogP contribution in [0.1, 0.15) is 16.5 Å². The highest BCUT2D eigenvalue weighted by Gasteiger charge is 2.11. The zero-order valence-corrected chi connectivity index (χ0v) is 10.2. The molecule has 0 aliphatic heterocycles. The maximum atomic E-state index is 13.1. The molecule has 4 heteroatoms. The van der Waals surface area contributed by atoms with Crippen molar-refractivity contribution >= 4 is 27.3 Å². The molecule has 2 N–H and O–H groups in total. The third-order valence-corrected chi connectivity index (χ3v) is 3.51. The van der Waals surface area contributed by atoms with Crippen LogP contribution in [-0.2, 0) is 0 Å². The molecule has 2 rings (SSSR count). The Kier molecular flexibility index (Phi) is 3.19. The van der Waals surface area contributed by atoms with Gasteiger partial charge in [-0.25, -0.2) is 4.39 Å². The second-order valence-electron chi connectivity index (χ2n) is 3.20. The van der Waals surface area contributed by atoms with Crippen molar-refractivity contribution in [1.29, 1.82) is 0 Å². The first-order valence-corrected chi connectivity index (χ1v) is 6.09. The van der Waals surface area contributed by atoms with Crippen LogP contribution in [0.5, 0.6) is 0 Å². The van der Waals surface area contributed by atoms with E-state index in [1.807, 2.05) is 23.6 Å². The average molecular weight is 286 g/mol. The third kappa shape index (κ3) is 2.45. The van der Waals surface area contributed by atoms with Gasteiger partial charge in [-0.05, 0) is 35.2 Å². The zero-order chi connectivity index (χ0) is 10.8. The standard InChI is InChI=1S/C11H9BrFNS/c12-8-4-7(5-9(13)6-8)11(14)10-2-1-3-15-10/h1-6,11H,14H2/t11-/m0/s1. The van der Waals surface area contributed by atoms with Gasteiger partial charge in [0.15, 0.2) is 0 Å². The molecule has 0 aliphatic carbocycles. The van der Waals surface area contributed by atoms with Gasteiger partial charge >= 0.3 is 0 Å². The van der Waals surface area contributed by atoms with E-state index in [-0.39, 0.29) is 11.9 Å². The molecule has 15 heavy (non-hydrogen) atoms. The Bertz CT molecular complexity index is 435. The summed E-state index contributed by atoms with van der Waals surface area (Å²) in [5.41, 5.74) is 6.80. The molecular formula is C11H9BrFNS. The van der Waals surface area contributed by atoms with E-state index < -0.39 is 0 Å². The lowest BCUT2D eigenvalue weighted by molar-refractivity contribution is 0.623. The summed E-state index contributed by atoms with van der Waals surface area (Å²) in [4.78, 5) is 1.03. The maximum absolute atomic E-state index is 13.1. The predicted molar refractivity (Wildman–Crippen MR) is 64.4 cm³/mol. The first-order valence-electron chi connectivity index (χ1n) is 4.42. The van der Waals surface area contributed by atoms with Gasteiger partial charge in [-0.3, -0.25) is 0 Å². The molecule has 0 unspecified atom stereocenters. The summed E-state index contributed by atoms with van der Waals surface area (Å²) < 4.78 is 13.9. The minimum atomic E-state index is -0.272. The van der Waals surface area contributed by atoms with Crippen LogP contribution >= 0.6 is 27.3 Å². The Balaban J connectivity index is 2.37. The van der Waals surface area contributed by atoms with Gasteiger partial charge in [0.25, 0.3) is 0 Å². The molecule has 0 spiro atoms. The highest BCUT2D eigenvalue weighted by molar-refractivity contribution is 9.10. The van der Waals surface area contributed by atoms with Crippen molar-refractivity contribution in [2.75, 3.05) is 0 Å². The van der Waals surface area contributed by atoms with E-state index in [1.54, 1.807) is 11.3 Å². The minimum absolute atomic E-state index is 0.253. The van der Waals surface area contributed by atoms with Crippen molar-refractivity contribution in [1.82, 2.24) is 0 Å². The van der Waals surface area contributed by atoms with Crippen LogP contribution in [0.3, 0.4) is 0 Å². The van der Waals surface area contributed by atoms with E-state index in [4.69, 9.17) is 5.73 Å². The summed E-state index contributed by atoms with van der Waals surface area (Å²) in [7, 11) is 0. The van der Waals surface area contributed by atoms with Crippen molar-refractivity contribution in [3.63, 3.8) is 0 Å². The highest BCUT2D eigenvalue weighted by Crippen LogP contribution is 2.26. The van der Waals surface area contributed by atoms with E-state index in [0.717, 1.165) is 10.4 Å². The summed E-state index contributed by atoms with van der Waals surface area (Å²) in [6.07, 6.45) is 0. The lowest BCUT2D eigenvalue weighted by Gasteiger charge is -2.10. The molecule has 0 saturated carbocycles. The smallest absolute Gasteiger partial charge is 0.124 e. The Morgan fingerprint density at radius 1 is 1.33 bits per heavy atom. The fourth-order valence-electron chi connectivity index (χ4n) is 1.39. The topological polar surface area (TPSA) is 26.0 Å². The molecule has 0 radical (unpaired) electrons. The van der Waals surface area contributed by atoms with Gasteiger partial charge in [0, 0.05) is 9.35 Å². The fourth-order valence-corrected chi connectivity index (χ4v) is 2.62. The van der Waals surface area contributed by atoms with Gasteiger partial charge in [-0.15, -0.1) is 11.3 Å². The van der Waals surface area contributed by atoms with Crippen LogP contribution in [0.25, 0.3) is 0 Å². The lowest BCUT2D eigenvalue weighted by atomic mass is 10.1. The van der Waals surface area contributed by atoms with Crippen molar-refractivity contribution in [3.05, 3.63) is 56.4 Å². The number of hydrogen-bond acceptors (Lipinski definition) is 2. The van der Waals surface area contributed by atoms with Crippen LogP contribution in [0, 0.1) is 5.82 Å². The number of thiophene rings is 1. The van der Waals surface area contributed by atoms with Gasteiger partial charge in [0.2, 0.25) is 0 Å². The number of benzene rings is 1. The minimum Gasteiger partial charge on any atom is -0.320 e. The van der Waals surface area contributed by atoms with E-state index in [1.165, 1.54) is 12.1 Å². The van der Waals surface area contributed by atoms with Gasteiger partial charge < -0.3 is 5.73 Å². The molecule has 78 valence electrons. The van der Waals surface area contributed by atoms with Crippen LogP contribution in [0.2, 0.25) is 0 Å². The van der Waals surface area contributed by atoms with Gasteiger partial charge in [0.05, 0.1) is 6.04 Å². The van der Waals surface area contributed by atoms with E-state index in [9.17, 15) is 4.39 Å². The van der Waals surface area contributed by atoms with Gasteiger partial charge in [-0.1, -0.05) is 22.0 Å². The molecule has 0 amide bonds. The Hall–Kier alpha value is -0.710. The Morgan fingerprint density at radius 3 is 2.73 bits per heavy atom.